The third-order valence-corrected chi connectivity index (χ3v) is 4.54. The molecule has 1 aliphatic rings. The van der Waals surface area contributed by atoms with E-state index in [0.29, 0.717) is 23.6 Å². The average molecular weight is 412 g/mol. The van der Waals surface area contributed by atoms with Crippen molar-refractivity contribution in [1.82, 2.24) is 0 Å². The van der Waals surface area contributed by atoms with Crippen molar-refractivity contribution in [2.75, 3.05) is 37.1 Å². The maximum atomic E-state index is 12.3. The van der Waals surface area contributed by atoms with Gasteiger partial charge in [-0.3, -0.25) is 14.4 Å². The van der Waals surface area contributed by atoms with Crippen molar-refractivity contribution < 1.29 is 28.6 Å². The zero-order valence-corrected chi connectivity index (χ0v) is 16.8. The highest BCUT2D eigenvalue weighted by Gasteiger charge is 2.21. The maximum absolute atomic E-state index is 12.3. The van der Waals surface area contributed by atoms with Gasteiger partial charge in [0.25, 0.3) is 5.91 Å². The monoisotopic (exact) mass is 412 g/mol. The third kappa shape index (κ3) is 5.73. The molecule has 0 spiro atoms. The van der Waals surface area contributed by atoms with Crippen LogP contribution in [0.15, 0.2) is 48.5 Å². The lowest BCUT2D eigenvalue weighted by Crippen LogP contribution is -2.23. The van der Waals surface area contributed by atoms with E-state index in [1.54, 1.807) is 53.4 Å². The first-order valence-corrected chi connectivity index (χ1v) is 9.68. The van der Waals surface area contributed by atoms with E-state index in [0.717, 1.165) is 18.7 Å². The average Bonchev–Trinajstić information content (AvgIpc) is 3.19. The molecule has 0 aromatic heterocycles. The van der Waals surface area contributed by atoms with Crippen LogP contribution < -0.4 is 19.7 Å². The second kappa shape index (κ2) is 10.3. The molecule has 8 nitrogen and oxygen atoms in total. The molecule has 2 amide bonds. The zero-order valence-electron chi connectivity index (χ0n) is 16.8. The Morgan fingerprint density at radius 2 is 1.83 bits per heavy atom. The summed E-state index contributed by atoms with van der Waals surface area (Å²) in [4.78, 5) is 37.0. The van der Waals surface area contributed by atoms with Crippen molar-refractivity contribution in [3.63, 3.8) is 0 Å². The van der Waals surface area contributed by atoms with Gasteiger partial charge in [0.1, 0.15) is 11.5 Å². The minimum atomic E-state index is -0.370. The number of benzene rings is 2. The van der Waals surface area contributed by atoms with E-state index in [4.69, 9.17) is 9.47 Å². The van der Waals surface area contributed by atoms with E-state index < -0.39 is 0 Å². The minimum Gasteiger partial charge on any atom is -0.491 e. The predicted molar refractivity (Wildman–Crippen MR) is 111 cm³/mol. The van der Waals surface area contributed by atoms with Crippen LogP contribution in [0, 0.1) is 0 Å². The number of para-hydroxylation sites is 2. The highest BCUT2D eigenvalue weighted by molar-refractivity contribution is 5.95. The summed E-state index contributed by atoms with van der Waals surface area (Å²) in [7, 11) is 1.32. The Labute approximate surface area is 174 Å². The van der Waals surface area contributed by atoms with Crippen LogP contribution in [0.25, 0.3) is 0 Å². The smallest absolute Gasteiger partial charge is 0.308 e. The summed E-state index contributed by atoms with van der Waals surface area (Å²) in [5.74, 6) is 0.385. The van der Waals surface area contributed by atoms with Gasteiger partial charge in [-0.2, -0.15) is 0 Å². The predicted octanol–water partition coefficient (Wildman–Crippen LogP) is 2.77. The fourth-order valence-electron chi connectivity index (χ4n) is 3.02. The van der Waals surface area contributed by atoms with Gasteiger partial charge >= 0.3 is 5.97 Å². The number of carbonyl (C=O) groups is 3. The van der Waals surface area contributed by atoms with Gasteiger partial charge in [0, 0.05) is 18.7 Å². The highest BCUT2D eigenvalue weighted by atomic mass is 16.5. The van der Waals surface area contributed by atoms with Gasteiger partial charge in [-0.15, -0.1) is 0 Å². The second-order valence-corrected chi connectivity index (χ2v) is 6.65. The van der Waals surface area contributed by atoms with Crippen LogP contribution in [0.3, 0.4) is 0 Å². The number of nitrogens with one attached hydrogen (secondary N) is 1. The molecule has 3 rings (SSSR count). The molecule has 2 aromatic rings. The van der Waals surface area contributed by atoms with E-state index in [1.165, 1.54) is 7.11 Å². The van der Waals surface area contributed by atoms with Gasteiger partial charge in [-0.05, 0) is 42.8 Å². The van der Waals surface area contributed by atoms with Gasteiger partial charge in [0.2, 0.25) is 5.91 Å². The quantitative estimate of drug-likeness (QED) is 0.637. The van der Waals surface area contributed by atoms with Crippen molar-refractivity contribution >= 4 is 29.2 Å². The third-order valence-electron chi connectivity index (χ3n) is 4.54. The molecule has 0 radical (unpaired) electrons. The zero-order chi connectivity index (χ0) is 21.3. The molecule has 0 bridgehead atoms. The summed E-state index contributed by atoms with van der Waals surface area (Å²) in [5, 5.41) is 2.74. The van der Waals surface area contributed by atoms with Crippen LogP contribution in [0.1, 0.15) is 19.3 Å². The lowest BCUT2D eigenvalue weighted by molar-refractivity contribution is -0.141. The number of ether oxygens (including phenoxy) is 3. The molecule has 30 heavy (non-hydrogen) atoms. The number of carbonyl (C=O) groups excluding carboxylic acids is 3. The number of methoxy groups -OCH3 is 1. The molecule has 0 unspecified atom stereocenters. The van der Waals surface area contributed by atoms with Gasteiger partial charge in [-0.1, -0.05) is 12.1 Å². The molecule has 0 atom stereocenters. The second-order valence-electron chi connectivity index (χ2n) is 6.65. The van der Waals surface area contributed by atoms with E-state index in [2.05, 4.69) is 10.1 Å². The molecular formula is C22H24N2O6. The Morgan fingerprint density at radius 1 is 1.07 bits per heavy atom. The van der Waals surface area contributed by atoms with E-state index in [9.17, 15) is 14.4 Å². The number of esters is 1. The number of rotatable bonds is 9. The van der Waals surface area contributed by atoms with E-state index in [1.807, 2.05) is 0 Å². The molecule has 0 saturated carbocycles. The topological polar surface area (TPSA) is 94.2 Å². The first kappa shape index (κ1) is 21.2. The molecule has 1 heterocycles. The Balaban J connectivity index is 1.50. The summed E-state index contributed by atoms with van der Waals surface area (Å²) in [6, 6.07) is 14.0. The fourth-order valence-corrected chi connectivity index (χ4v) is 3.02. The molecule has 1 fully saturated rings. The van der Waals surface area contributed by atoms with Crippen molar-refractivity contribution in [3.05, 3.63) is 48.5 Å². The molecular weight excluding hydrogens is 388 g/mol. The summed E-state index contributed by atoms with van der Waals surface area (Å²) in [6.07, 6.45) is 1.55. The molecule has 158 valence electrons. The molecule has 1 aliphatic heterocycles. The first-order valence-electron chi connectivity index (χ1n) is 9.68. The Bertz CT molecular complexity index is 897. The minimum absolute atomic E-state index is 0.112. The van der Waals surface area contributed by atoms with Crippen LogP contribution in [-0.2, 0) is 19.1 Å². The van der Waals surface area contributed by atoms with Crippen LogP contribution in [0.4, 0.5) is 11.4 Å². The van der Waals surface area contributed by atoms with E-state index >= 15 is 0 Å². The molecule has 1 N–H and O–H groups in total. The normalized spacial score (nSPS) is 13.1. The van der Waals surface area contributed by atoms with Crippen LogP contribution in [0.5, 0.6) is 11.5 Å². The van der Waals surface area contributed by atoms with Gasteiger partial charge in [-0.25, -0.2) is 0 Å². The van der Waals surface area contributed by atoms with Gasteiger partial charge in [0.15, 0.2) is 6.61 Å². The lowest BCUT2D eigenvalue weighted by Gasteiger charge is -2.16. The number of hydrogen-bond donors (Lipinski definition) is 1. The molecule has 0 aliphatic carbocycles. The summed E-state index contributed by atoms with van der Waals surface area (Å²) in [5.41, 5.74) is 1.31. The largest absolute Gasteiger partial charge is 0.491 e. The first-order chi connectivity index (χ1) is 14.6. The molecule has 2 aromatic carbocycles. The van der Waals surface area contributed by atoms with Crippen LogP contribution in [-0.4, -0.2) is 44.7 Å². The lowest BCUT2D eigenvalue weighted by atomic mass is 10.3. The standard InChI is InChI=1S/C22H24N2O6/c1-28-22(27)12-14-29-19-6-3-2-5-18(19)23-20(25)15-30-17-10-8-16(9-11-17)24-13-4-7-21(24)26/h2-3,5-6,8-11H,4,7,12-15H2,1H3,(H,23,25). The number of hydrogen-bond acceptors (Lipinski definition) is 6. The summed E-state index contributed by atoms with van der Waals surface area (Å²) in [6.45, 7) is 0.683. The maximum Gasteiger partial charge on any atom is 0.308 e. The van der Waals surface area contributed by atoms with E-state index in [-0.39, 0.29) is 37.4 Å². The van der Waals surface area contributed by atoms with Gasteiger partial charge in [0.05, 0.1) is 25.8 Å². The van der Waals surface area contributed by atoms with Crippen molar-refractivity contribution in [2.24, 2.45) is 0 Å². The number of amides is 2. The van der Waals surface area contributed by atoms with Crippen LogP contribution >= 0.6 is 0 Å². The summed E-state index contributed by atoms with van der Waals surface area (Å²) < 4.78 is 15.7. The number of nitrogens with zero attached hydrogens (tertiary/aromatic N) is 1. The molecule has 8 heteroatoms. The highest BCUT2D eigenvalue weighted by Crippen LogP contribution is 2.25. The van der Waals surface area contributed by atoms with Crippen LogP contribution in [0.2, 0.25) is 0 Å². The SMILES string of the molecule is COC(=O)CCOc1ccccc1NC(=O)COc1ccc(N2CCCC2=O)cc1. The molecule has 1 saturated heterocycles. The number of anilines is 2. The van der Waals surface area contributed by atoms with Gasteiger partial charge < -0.3 is 24.4 Å². The fraction of sp³-hybridized carbons (Fsp3) is 0.318. The van der Waals surface area contributed by atoms with Crippen molar-refractivity contribution in [2.45, 2.75) is 19.3 Å². The Kier molecular flexibility index (Phi) is 7.26. The van der Waals surface area contributed by atoms with Crippen molar-refractivity contribution in [3.8, 4) is 11.5 Å². The summed E-state index contributed by atoms with van der Waals surface area (Å²) >= 11 is 0. The Hall–Kier alpha value is -3.55. The van der Waals surface area contributed by atoms with Crippen molar-refractivity contribution in [1.29, 1.82) is 0 Å². The Morgan fingerprint density at radius 3 is 2.53 bits per heavy atom.